The number of hydrogen-bond acceptors (Lipinski definition) is 7. The lowest BCUT2D eigenvalue weighted by atomic mass is 10.1. The Morgan fingerprint density at radius 3 is 2.55 bits per heavy atom. The molecule has 0 bridgehead atoms. The van der Waals surface area contributed by atoms with Crippen LogP contribution in [0.1, 0.15) is 5.56 Å². The molecule has 4 aromatic rings. The van der Waals surface area contributed by atoms with Gasteiger partial charge in [-0.3, -0.25) is 4.79 Å². The van der Waals surface area contributed by atoms with E-state index in [9.17, 15) is 9.59 Å². The van der Waals surface area contributed by atoms with Gasteiger partial charge in [-0.05, 0) is 29.8 Å². The van der Waals surface area contributed by atoms with E-state index in [2.05, 4.69) is 5.10 Å². The van der Waals surface area contributed by atoms with Crippen molar-refractivity contribution in [3.05, 3.63) is 68.9 Å². The van der Waals surface area contributed by atoms with E-state index in [0.717, 1.165) is 0 Å². The lowest BCUT2D eigenvalue weighted by molar-refractivity contribution is 0.358. The highest BCUT2D eigenvalue weighted by molar-refractivity contribution is 5.89. The van der Waals surface area contributed by atoms with Crippen molar-refractivity contribution in [2.24, 2.45) is 0 Å². The summed E-state index contributed by atoms with van der Waals surface area (Å²) in [6.45, 7) is 0.0869. The molecule has 4 rings (SSSR count). The minimum absolute atomic E-state index is 0.0869. The van der Waals surface area contributed by atoms with E-state index in [1.165, 1.54) is 32.1 Å². The standard InChI is InChI=1S/C21H18N2O6/c1-26-14-5-6-15-13(8-18(24)29-17(15)9-14)11-23-21(25)19-12(10-22-23)4-7-16(27-2)20(19)28-3/h4-10H,11H2,1-3H3. The van der Waals surface area contributed by atoms with Gasteiger partial charge >= 0.3 is 5.63 Å². The fourth-order valence-corrected chi connectivity index (χ4v) is 3.33. The van der Waals surface area contributed by atoms with Crippen LogP contribution in [0.2, 0.25) is 0 Å². The number of ether oxygens (including phenoxy) is 3. The van der Waals surface area contributed by atoms with Crippen LogP contribution in [-0.4, -0.2) is 31.1 Å². The van der Waals surface area contributed by atoms with E-state index < -0.39 is 5.63 Å². The first-order valence-electron chi connectivity index (χ1n) is 8.77. The van der Waals surface area contributed by atoms with Crippen LogP contribution in [0.4, 0.5) is 0 Å². The number of rotatable bonds is 5. The predicted molar refractivity (Wildman–Crippen MR) is 107 cm³/mol. The second-order valence-electron chi connectivity index (χ2n) is 6.33. The van der Waals surface area contributed by atoms with Crippen molar-refractivity contribution in [1.82, 2.24) is 9.78 Å². The number of nitrogens with zero attached hydrogens (tertiary/aromatic N) is 2. The van der Waals surface area contributed by atoms with Gasteiger partial charge < -0.3 is 18.6 Å². The minimum Gasteiger partial charge on any atom is -0.497 e. The summed E-state index contributed by atoms with van der Waals surface area (Å²) in [4.78, 5) is 25.2. The zero-order chi connectivity index (χ0) is 20.5. The predicted octanol–water partition coefficient (Wildman–Crippen LogP) is 2.58. The molecule has 0 amide bonds. The maximum Gasteiger partial charge on any atom is 0.336 e. The molecule has 0 saturated heterocycles. The Kier molecular flexibility index (Phi) is 4.67. The second-order valence-corrected chi connectivity index (χ2v) is 6.33. The highest BCUT2D eigenvalue weighted by Gasteiger charge is 2.16. The number of methoxy groups -OCH3 is 3. The maximum atomic E-state index is 13.1. The number of benzene rings is 2. The van der Waals surface area contributed by atoms with Gasteiger partial charge in [0, 0.05) is 22.9 Å². The topological polar surface area (TPSA) is 92.8 Å². The van der Waals surface area contributed by atoms with Gasteiger partial charge in [-0.2, -0.15) is 5.10 Å². The van der Waals surface area contributed by atoms with Crippen LogP contribution >= 0.6 is 0 Å². The van der Waals surface area contributed by atoms with Crippen molar-refractivity contribution < 1.29 is 18.6 Å². The molecule has 0 unspecified atom stereocenters. The van der Waals surface area contributed by atoms with Crippen molar-refractivity contribution in [2.75, 3.05) is 21.3 Å². The van der Waals surface area contributed by atoms with E-state index in [1.54, 1.807) is 36.5 Å². The summed E-state index contributed by atoms with van der Waals surface area (Å²) in [5.41, 5.74) is 0.108. The molecule has 0 atom stereocenters. The highest BCUT2D eigenvalue weighted by Crippen LogP contribution is 2.33. The second kappa shape index (κ2) is 7.31. The van der Waals surface area contributed by atoms with Crippen LogP contribution in [0.5, 0.6) is 17.2 Å². The SMILES string of the molecule is COc1ccc2c(Cn3ncc4ccc(OC)c(OC)c4c3=O)cc(=O)oc2c1. The molecule has 2 heterocycles. The van der Waals surface area contributed by atoms with Crippen molar-refractivity contribution in [3.8, 4) is 17.2 Å². The molecule has 0 spiro atoms. The van der Waals surface area contributed by atoms with Gasteiger partial charge in [0.25, 0.3) is 5.56 Å². The third-order valence-corrected chi connectivity index (χ3v) is 4.72. The quantitative estimate of drug-likeness (QED) is 0.480. The summed E-state index contributed by atoms with van der Waals surface area (Å²) in [5.74, 6) is 1.36. The summed E-state index contributed by atoms with van der Waals surface area (Å²) >= 11 is 0. The molecule has 0 radical (unpaired) electrons. The zero-order valence-electron chi connectivity index (χ0n) is 16.1. The fraction of sp³-hybridized carbons (Fsp3) is 0.190. The third kappa shape index (κ3) is 3.18. The Balaban J connectivity index is 1.90. The van der Waals surface area contributed by atoms with Crippen LogP contribution < -0.4 is 25.4 Å². The van der Waals surface area contributed by atoms with Crippen LogP contribution in [0.15, 0.2) is 56.6 Å². The lowest BCUT2D eigenvalue weighted by Gasteiger charge is -2.12. The normalized spacial score (nSPS) is 11.0. The first-order valence-corrected chi connectivity index (χ1v) is 8.77. The average molecular weight is 394 g/mol. The van der Waals surface area contributed by atoms with Crippen LogP contribution in [-0.2, 0) is 6.54 Å². The maximum absolute atomic E-state index is 13.1. The fourth-order valence-electron chi connectivity index (χ4n) is 3.33. The summed E-state index contributed by atoms with van der Waals surface area (Å²) in [6.07, 6.45) is 1.58. The molecule has 29 heavy (non-hydrogen) atoms. The number of fused-ring (bicyclic) bond motifs is 2. The smallest absolute Gasteiger partial charge is 0.336 e. The monoisotopic (exact) mass is 394 g/mol. The molecule has 0 saturated carbocycles. The van der Waals surface area contributed by atoms with E-state index >= 15 is 0 Å². The number of hydrogen-bond donors (Lipinski definition) is 0. The molecule has 148 valence electrons. The van der Waals surface area contributed by atoms with E-state index in [4.69, 9.17) is 18.6 Å². The van der Waals surface area contributed by atoms with Gasteiger partial charge in [0.2, 0.25) is 0 Å². The molecule has 2 aromatic carbocycles. The van der Waals surface area contributed by atoms with Crippen molar-refractivity contribution in [2.45, 2.75) is 6.54 Å². The zero-order valence-corrected chi connectivity index (χ0v) is 16.1. The summed E-state index contributed by atoms with van der Waals surface area (Å²) < 4.78 is 22.4. The highest BCUT2D eigenvalue weighted by atomic mass is 16.5. The van der Waals surface area contributed by atoms with Crippen molar-refractivity contribution in [1.29, 1.82) is 0 Å². The first kappa shape index (κ1) is 18.5. The van der Waals surface area contributed by atoms with Crippen molar-refractivity contribution in [3.63, 3.8) is 0 Å². The molecular weight excluding hydrogens is 376 g/mol. The number of aromatic nitrogens is 2. The van der Waals surface area contributed by atoms with Gasteiger partial charge in [-0.15, -0.1) is 0 Å². The first-order chi connectivity index (χ1) is 14.0. The third-order valence-electron chi connectivity index (χ3n) is 4.72. The van der Waals surface area contributed by atoms with Crippen LogP contribution in [0.25, 0.3) is 21.7 Å². The molecule has 0 aliphatic rings. The Morgan fingerprint density at radius 2 is 1.83 bits per heavy atom. The molecule has 0 fully saturated rings. The molecule has 2 aromatic heterocycles. The van der Waals surface area contributed by atoms with Gasteiger partial charge in [0.1, 0.15) is 11.3 Å². The summed E-state index contributed by atoms with van der Waals surface area (Å²) in [7, 11) is 4.52. The molecule has 8 nitrogen and oxygen atoms in total. The summed E-state index contributed by atoms with van der Waals surface area (Å²) in [5, 5.41) is 5.93. The summed E-state index contributed by atoms with van der Waals surface area (Å²) in [6, 6.07) is 9.99. The average Bonchev–Trinajstić information content (AvgIpc) is 2.74. The lowest BCUT2D eigenvalue weighted by Crippen LogP contribution is -2.24. The van der Waals surface area contributed by atoms with Crippen LogP contribution in [0, 0.1) is 0 Å². The minimum atomic E-state index is -0.520. The van der Waals surface area contributed by atoms with Crippen LogP contribution in [0.3, 0.4) is 0 Å². The molecular formula is C21H18N2O6. The molecule has 8 heteroatoms. The van der Waals surface area contributed by atoms with Gasteiger partial charge in [0.05, 0.1) is 39.5 Å². The van der Waals surface area contributed by atoms with E-state index in [0.29, 0.717) is 44.6 Å². The van der Waals surface area contributed by atoms with Gasteiger partial charge in [0.15, 0.2) is 11.5 Å². The van der Waals surface area contributed by atoms with Crippen molar-refractivity contribution >= 4 is 21.7 Å². The Morgan fingerprint density at radius 1 is 1.00 bits per heavy atom. The van der Waals surface area contributed by atoms with Gasteiger partial charge in [-0.25, -0.2) is 9.48 Å². The molecule has 0 aliphatic carbocycles. The molecule has 0 N–H and O–H groups in total. The van der Waals surface area contributed by atoms with E-state index in [-0.39, 0.29) is 12.1 Å². The van der Waals surface area contributed by atoms with E-state index in [1.807, 2.05) is 0 Å². The Bertz CT molecular complexity index is 1340. The van der Waals surface area contributed by atoms with Gasteiger partial charge in [-0.1, -0.05) is 0 Å². The Hall–Kier alpha value is -3.81. The Labute approximate surface area is 164 Å². The molecule has 0 aliphatic heterocycles. The largest absolute Gasteiger partial charge is 0.497 e.